The number of hydrogen-bond acceptors (Lipinski definition) is 3. The Bertz CT molecular complexity index is 513. The van der Waals surface area contributed by atoms with E-state index in [9.17, 15) is 4.79 Å². The first kappa shape index (κ1) is 16.1. The molecule has 0 saturated heterocycles. The van der Waals surface area contributed by atoms with Crippen molar-refractivity contribution in [3.63, 3.8) is 0 Å². The van der Waals surface area contributed by atoms with Crippen molar-refractivity contribution in [2.45, 2.75) is 26.7 Å². The zero-order valence-electron chi connectivity index (χ0n) is 12.3. The molecular weight excluding hydrogens is 252 g/mol. The van der Waals surface area contributed by atoms with E-state index in [0.29, 0.717) is 30.3 Å². The van der Waals surface area contributed by atoms with Crippen LogP contribution in [0.4, 0.5) is 5.69 Å². The van der Waals surface area contributed by atoms with E-state index in [0.717, 1.165) is 12.0 Å². The van der Waals surface area contributed by atoms with Gasteiger partial charge in [0.05, 0.1) is 19.3 Å². The Morgan fingerprint density at radius 1 is 1.45 bits per heavy atom. The molecule has 0 aromatic heterocycles. The molecule has 0 radical (unpaired) electrons. The van der Waals surface area contributed by atoms with Gasteiger partial charge < -0.3 is 15.8 Å². The lowest BCUT2D eigenvalue weighted by Crippen LogP contribution is -2.13. The van der Waals surface area contributed by atoms with Gasteiger partial charge in [-0.1, -0.05) is 25.7 Å². The number of hydrogen-bond donors (Lipinski definition) is 2. The Balaban J connectivity index is 2.82. The Kier molecular flexibility index (Phi) is 6.61. The van der Waals surface area contributed by atoms with Crippen LogP contribution >= 0.6 is 0 Å². The van der Waals surface area contributed by atoms with E-state index in [-0.39, 0.29) is 5.91 Å². The van der Waals surface area contributed by atoms with Crippen molar-refractivity contribution in [1.82, 2.24) is 0 Å². The number of methoxy groups -OCH3 is 1. The van der Waals surface area contributed by atoms with E-state index in [2.05, 4.69) is 31.0 Å². The number of anilines is 1. The molecule has 0 unspecified atom stereocenters. The highest BCUT2D eigenvalue weighted by molar-refractivity contribution is 5.92. The number of nitrogens with one attached hydrogen (secondary N) is 1. The summed E-state index contributed by atoms with van der Waals surface area (Å²) in [5, 5.41) is 2.87. The van der Waals surface area contributed by atoms with E-state index in [1.165, 1.54) is 0 Å². The van der Waals surface area contributed by atoms with Gasteiger partial charge in [-0.15, -0.1) is 0 Å². The van der Waals surface area contributed by atoms with Gasteiger partial charge in [0.2, 0.25) is 5.91 Å². The van der Waals surface area contributed by atoms with Crippen LogP contribution in [-0.2, 0) is 4.79 Å². The molecule has 1 rings (SSSR count). The second kappa shape index (κ2) is 8.23. The summed E-state index contributed by atoms with van der Waals surface area (Å²) in [5.41, 5.74) is 6.80. The van der Waals surface area contributed by atoms with E-state index < -0.39 is 0 Å². The molecule has 0 spiro atoms. The molecule has 0 aliphatic rings. The van der Waals surface area contributed by atoms with Crippen molar-refractivity contribution in [1.29, 1.82) is 0 Å². The van der Waals surface area contributed by atoms with Gasteiger partial charge in [-0.3, -0.25) is 4.79 Å². The standard InChI is InChI=1S/C16H22N2O2/c1-12(2)6-9-16(19)18-14-11-13(5-4-10-17)7-8-15(14)20-3/h7-8,11-12H,6,9-10,17H2,1-3H3,(H,18,19). The number of carbonyl (C=O) groups excluding carboxylic acids is 1. The van der Waals surface area contributed by atoms with Crippen LogP contribution in [0.3, 0.4) is 0 Å². The topological polar surface area (TPSA) is 64.3 Å². The molecule has 4 heteroatoms. The molecular formula is C16H22N2O2. The van der Waals surface area contributed by atoms with Crippen LogP contribution in [0.5, 0.6) is 5.75 Å². The first-order valence-corrected chi connectivity index (χ1v) is 6.73. The number of benzene rings is 1. The predicted octanol–water partition coefficient (Wildman–Crippen LogP) is 2.38. The molecule has 20 heavy (non-hydrogen) atoms. The Labute approximate surface area is 120 Å². The van der Waals surface area contributed by atoms with Crippen LogP contribution in [0.2, 0.25) is 0 Å². The van der Waals surface area contributed by atoms with Crippen LogP contribution in [-0.4, -0.2) is 19.6 Å². The smallest absolute Gasteiger partial charge is 0.224 e. The van der Waals surface area contributed by atoms with E-state index in [4.69, 9.17) is 10.5 Å². The van der Waals surface area contributed by atoms with Crippen molar-refractivity contribution in [2.24, 2.45) is 11.7 Å². The molecule has 1 aromatic carbocycles. The van der Waals surface area contributed by atoms with Gasteiger partial charge in [0.15, 0.2) is 0 Å². The molecule has 0 atom stereocenters. The van der Waals surface area contributed by atoms with Crippen molar-refractivity contribution < 1.29 is 9.53 Å². The zero-order valence-corrected chi connectivity index (χ0v) is 12.3. The van der Waals surface area contributed by atoms with Crippen LogP contribution in [0.25, 0.3) is 0 Å². The predicted molar refractivity (Wildman–Crippen MR) is 81.6 cm³/mol. The van der Waals surface area contributed by atoms with Crippen LogP contribution < -0.4 is 15.8 Å². The minimum atomic E-state index is -0.0130. The van der Waals surface area contributed by atoms with Gasteiger partial charge in [-0.25, -0.2) is 0 Å². The molecule has 1 aromatic rings. The van der Waals surface area contributed by atoms with Gasteiger partial charge in [-0.05, 0) is 30.5 Å². The third-order valence-electron chi connectivity index (χ3n) is 2.76. The second-order valence-corrected chi connectivity index (χ2v) is 4.90. The molecule has 0 heterocycles. The fraction of sp³-hybridized carbons (Fsp3) is 0.438. The minimum absolute atomic E-state index is 0.0130. The third kappa shape index (κ3) is 5.33. The van der Waals surface area contributed by atoms with E-state index in [1.807, 2.05) is 6.07 Å². The first-order valence-electron chi connectivity index (χ1n) is 6.73. The molecule has 1 amide bonds. The number of nitrogens with two attached hydrogens (primary N) is 1. The third-order valence-corrected chi connectivity index (χ3v) is 2.76. The quantitative estimate of drug-likeness (QED) is 0.810. The number of ether oxygens (including phenoxy) is 1. The zero-order chi connectivity index (χ0) is 15.0. The van der Waals surface area contributed by atoms with Crippen LogP contribution in [0.1, 0.15) is 32.3 Å². The van der Waals surface area contributed by atoms with Crippen molar-refractivity contribution in [3.8, 4) is 17.6 Å². The van der Waals surface area contributed by atoms with Gasteiger partial charge in [0, 0.05) is 12.0 Å². The average Bonchev–Trinajstić information content (AvgIpc) is 2.43. The maximum Gasteiger partial charge on any atom is 0.224 e. The second-order valence-electron chi connectivity index (χ2n) is 4.90. The normalized spacial score (nSPS) is 9.85. The Morgan fingerprint density at radius 2 is 2.20 bits per heavy atom. The first-order chi connectivity index (χ1) is 9.56. The van der Waals surface area contributed by atoms with Crippen molar-refractivity contribution in [3.05, 3.63) is 23.8 Å². The summed E-state index contributed by atoms with van der Waals surface area (Å²) in [6.07, 6.45) is 1.36. The largest absolute Gasteiger partial charge is 0.495 e. The number of rotatable bonds is 5. The summed E-state index contributed by atoms with van der Waals surface area (Å²) < 4.78 is 5.24. The highest BCUT2D eigenvalue weighted by Crippen LogP contribution is 2.25. The lowest BCUT2D eigenvalue weighted by molar-refractivity contribution is -0.116. The summed E-state index contributed by atoms with van der Waals surface area (Å²) >= 11 is 0. The van der Waals surface area contributed by atoms with Gasteiger partial charge in [0.1, 0.15) is 5.75 Å². The van der Waals surface area contributed by atoms with Crippen molar-refractivity contribution >= 4 is 11.6 Å². The molecule has 0 saturated carbocycles. The molecule has 0 fully saturated rings. The molecule has 108 valence electrons. The average molecular weight is 274 g/mol. The highest BCUT2D eigenvalue weighted by atomic mass is 16.5. The highest BCUT2D eigenvalue weighted by Gasteiger charge is 2.09. The Hall–Kier alpha value is -1.99. The molecule has 3 N–H and O–H groups in total. The van der Waals surface area contributed by atoms with Crippen LogP contribution in [0, 0.1) is 17.8 Å². The van der Waals surface area contributed by atoms with Gasteiger partial charge in [-0.2, -0.15) is 0 Å². The van der Waals surface area contributed by atoms with Gasteiger partial charge in [0.25, 0.3) is 0 Å². The maximum atomic E-state index is 11.9. The van der Waals surface area contributed by atoms with Gasteiger partial charge >= 0.3 is 0 Å². The number of amides is 1. The summed E-state index contributed by atoms with van der Waals surface area (Å²) in [6, 6.07) is 5.43. The molecule has 4 nitrogen and oxygen atoms in total. The minimum Gasteiger partial charge on any atom is -0.495 e. The summed E-state index contributed by atoms with van der Waals surface area (Å²) in [7, 11) is 1.57. The summed E-state index contributed by atoms with van der Waals surface area (Å²) in [6.45, 7) is 4.50. The van der Waals surface area contributed by atoms with Crippen molar-refractivity contribution in [2.75, 3.05) is 19.0 Å². The lowest BCUT2D eigenvalue weighted by Gasteiger charge is -2.11. The SMILES string of the molecule is COc1ccc(C#CCN)cc1NC(=O)CCC(C)C. The Morgan fingerprint density at radius 3 is 2.80 bits per heavy atom. The molecule has 0 aliphatic carbocycles. The monoisotopic (exact) mass is 274 g/mol. The molecule has 0 aliphatic heterocycles. The molecule has 0 bridgehead atoms. The summed E-state index contributed by atoms with van der Waals surface area (Å²) in [5.74, 6) is 6.84. The van der Waals surface area contributed by atoms with E-state index in [1.54, 1.807) is 19.2 Å². The summed E-state index contributed by atoms with van der Waals surface area (Å²) in [4.78, 5) is 11.9. The lowest BCUT2D eigenvalue weighted by atomic mass is 10.1. The number of carbonyl (C=O) groups is 1. The fourth-order valence-corrected chi connectivity index (χ4v) is 1.67. The van der Waals surface area contributed by atoms with Crippen LogP contribution in [0.15, 0.2) is 18.2 Å². The maximum absolute atomic E-state index is 11.9. The fourth-order valence-electron chi connectivity index (χ4n) is 1.67. The van der Waals surface area contributed by atoms with E-state index >= 15 is 0 Å².